The standard InChI is InChI=1S/C24H20N3/c1-17-8-3-4-10-19(17)24-26(2)22-11-5-6-12-23(22)27(24)21-13-7-9-18-14-15-25-16-20(18)21/h3-16H,1-2H3/q+1. The van der Waals surface area contributed by atoms with E-state index in [1.54, 1.807) is 0 Å². The lowest BCUT2D eigenvalue weighted by Gasteiger charge is -2.08. The highest BCUT2D eigenvalue weighted by Crippen LogP contribution is 2.31. The Balaban J connectivity index is 1.98. The Kier molecular flexibility index (Phi) is 3.54. The maximum absolute atomic E-state index is 4.39. The number of fused-ring (bicyclic) bond motifs is 2. The number of benzene rings is 3. The summed E-state index contributed by atoms with van der Waals surface area (Å²) in [6, 6.07) is 25.6. The number of rotatable bonds is 2. The summed E-state index contributed by atoms with van der Waals surface area (Å²) in [5, 5.41) is 2.34. The normalized spacial score (nSPS) is 11.3. The molecule has 130 valence electrons. The molecule has 0 bridgehead atoms. The molecular weight excluding hydrogens is 330 g/mol. The van der Waals surface area contributed by atoms with Crippen LogP contribution >= 0.6 is 0 Å². The van der Waals surface area contributed by atoms with Gasteiger partial charge in [0.25, 0.3) is 5.82 Å². The summed E-state index contributed by atoms with van der Waals surface area (Å²) in [7, 11) is 2.14. The number of para-hydroxylation sites is 2. The van der Waals surface area contributed by atoms with Gasteiger partial charge in [-0.1, -0.05) is 42.5 Å². The second-order valence-corrected chi connectivity index (χ2v) is 6.90. The van der Waals surface area contributed by atoms with Gasteiger partial charge in [0.2, 0.25) is 0 Å². The van der Waals surface area contributed by atoms with Crippen LogP contribution in [-0.2, 0) is 7.05 Å². The van der Waals surface area contributed by atoms with Crippen molar-refractivity contribution in [2.24, 2.45) is 7.05 Å². The Morgan fingerprint density at radius 3 is 2.56 bits per heavy atom. The van der Waals surface area contributed by atoms with Crippen LogP contribution in [0.25, 0.3) is 38.9 Å². The Labute approximate surface area is 158 Å². The van der Waals surface area contributed by atoms with Crippen molar-refractivity contribution in [2.45, 2.75) is 6.92 Å². The highest BCUT2D eigenvalue weighted by atomic mass is 15.2. The van der Waals surface area contributed by atoms with E-state index in [4.69, 9.17) is 0 Å². The number of aromatic nitrogens is 3. The number of nitrogens with zero attached hydrogens (tertiary/aromatic N) is 3. The van der Waals surface area contributed by atoms with Crippen molar-refractivity contribution in [3.05, 3.63) is 90.8 Å². The monoisotopic (exact) mass is 350 g/mol. The summed E-state index contributed by atoms with van der Waals surface area (Å²) >= 11 is 0. The minimum Gasteiger partial charge on any atom is -0.264 e. The molecule has 0 spiro atoms. The molecule has 3 heteroatoms. The van der Waals surface area contributed by atoms with Gasteiger partial charge in [0.15, 0.2) is 11.0 Å². The van der Waals surface area contributed by atoms with Crippen molar-refractivity contribution in [3.8, 4) is 17.1 Å². The lowest BCUT2D eigenvalue weighted by molar-refractivity contribution is -0.633. The quantitative estimate of drug-likeness (QED) is 0.412. The molecule has 0 aliphatic heterocycles. The molecule has 0 amide bonds. The second-order valence-electron chi connectivity index (χ2n) is 6.90. The smallest absolute Gasteiger partial charge is 0.264 e. The summed E-state index contributed by atoms with van der Waals surface area (Å²) < 4.78 is 4.65. The van der Waals surface area contributed by atoms with Gasteiger partial charge in [-0.2, -0.15) is 4.57 Å². The van der Waals surface area contributed by atoms with Crippen LogP contribution in [0.4, 0.5) is 0 Å². The van der Waals surface area contributed by atoms with Gasteiger partial charge in [-0.25, -0.2) is 4.57 Å². The lowest BCUT2D eigenvalue weighted by atomic mass is 10.1. The van der Waals surface area contributed by atoms with Gasteiger partial charge in [0, 0.05) is 17.8 Å². The highest BCUT2D eigenvalue weighted by molar-refractivity contribution is 5.92. The fourth-order valence-electron chi connectivity index (χ4n) is 3.98. The summed E-state index contributed by atoms with van der Waals surface area (Å²) in [5.41, 5.74) is 6.04. The van der Waals surface area contributed by atoms with Crippen molar-refractivity contribution < 1.29 is 4.57 Å². The van der Waals surface area contributed by atoms with Crippen LogP contribution in [0.5, 0.6) is 0 Å². The van der Waals surface area contributed by atoms with Crippen molar-refractivity contribution in [1.82, 2.24) is 9.55 Å². The number of hydrogen-bond donors (Lipinski definition) is 0. The van der Waals surface area contributed by atoms with E-state index < -0.39 is 0 Å². The topological polar surface area (TPSA) is 21.7 Å². The van der Waals surface area contributed by atoms with E-state index in [0.29, 0.717) is 0 Å². The van der Waals surface area contributed by atoms with Gasteiger partial charge in [-0.05, 0) is 48.2 Å². The van der Waals surface area contributed by atoms with Gasteiger partial charge in [0.05, 0.1) is 12.6 Å². The van der Waals surface area contributed by atoms with E-state index in [-0.39, 0.29) is 0 Å². The Bertz CT molecular complexity index is 1290. The first kappa shape index (κ1) is 15.8. The molecule has 5 aromatic rings. The lowest BCUT2D eigenvalue weighted by Crippen LogP contribution is -2.30. The van der Waals surface area contributed by atoms with Crippen LogP contribution in [0, 0.1) is 6.92 Å². The largest absolute Gasteiger partial charge is 0.295 e. The molecule has 0 N–H and O–H groups in total. The van der Waals surface area contributed by atoms with E-state index in [1.807, 2.05) is 12.4 Å². The van der Waals surface area contributed by atoms with Gasteiger partial charge in [0.1, 0.15) is 5.69 Å². The third kappa shape index (κ3) is 2.36. The van der Waals surface area contributed by atoms with E-state index >= 15 is 0 Å². The third-order valence-corrected chi connectivity index (χ3v) is 5.30. The average molecular weight is 350 g/mol. The number of imidazole rings is 1. The van der Waals surface area contributed by atoms with Crippen LogP contribution in [0.3, 0.4) is 0 Å². The summed E-state index contributed by atoms with van der Waals surface area (Å²) in [4.78, 5) is 4.39. The first-order valence-corrected chi connectivity index (χ1v) is 9.14. The van der Waals surface area contributed by atoms with E-state index in [2.05, 4.69) is 101 Å². The molecule has 2 aromatic heterocycles. The predicted octanol–water partition coefficient (Wildman–Crippen LogP) is 4.98. The molecule has 3 aromatic carbocycles. The van der Waals surface area contributed by atoms with Crippen molar-refractivity contribution in [1.29, 1.82) is 0 Å². The van der Waals surface area contributed by atoms with Crippen molar-refractivity contribution >= 4 is 21.8 Å². The zero-order valence-corrected chi connectivity index (χ0v) is 15.4. The Morgan fingerprint density at radius 2 is 1.67 bits per heavy atom. The van der Waals surface area contributed by atoms with E-state index in [9.17, 15) is 0 Å². The van der Waals surface area contributed by atoms with Gasteiger partial charge >= 0.3 is 0 Å². The first-order chi connectivity index (χ1) is 13.3. The summed E-state index contributed by atoms with van der Waals surface area (Å²) in [6.45, 7) is 2.17. The molecule has 2 heterocycles. The van der Waals surface area contributed by atoms with Gasteiger partial charge < -0.3 is 0 Å². The van der Waals surface area contributed by atoms with Crippen molar-refractivity contribution in [2.75, 3.05) is 0 Å². The number of hydrogen-bond acceptors (Lipinski definition) is 1. The minimum atomic E-state index is 1.15. The summed E-state index contributed by atoms with van der Waals surface area (Å²) in [6.07, 6.45) is 3.81. The molecule has 0 aliphatic carbocycles. The molecule has 5 rings (SSSR count). The third-order valence-electron chi connectivity index (χ3n) is 5.30. The fourth-order valence-corrected chi connectivity index (χ4v) is 3.98. The van der Waals surface area contributed by atoms with Crippen molar-refractivity contribution in [3.63, 3.8) is 0 Å². The SMILES string of the molecule is Cc1ccccc1-c1n(-c2cccc3ccncc23)c2ccccc2[n+]1C. The minimum absolute atomic E-state index is 1.15. The highest BCUT2D eigenvalue weighted by Gasteiger charge is 2.27. The maximum Gasteiger partial charge on any atom is 0.295 e. The number of aryl methyl sites for hydroxylation is 2. The van der Waals surface area contributed by atoms with E-state index in [0.717, 1.165) is 11.1 Å². The van der Waals surface area contributed by atoms with Crippen LogP contribution in [0.2, 0.25) is 0 Å². The number of pyridine rings is 1. The molecule has 0 atom stereocenters. The van der Waals surface area contributed by atoms with Crippen LogP contribution in [-0.4, -0.2) is 9.55 Å². The molecule has 0 aliphatic rings. The van der Waals surface area contributed by atoms with Crippen LogP contribution < -0.4 is 4.57 Å². The molecule has 0 saturated heterocycles. The molecule has 0 saturated carbocycles. The zero-order valence-electron chi connectivity index (χ0n) is 15.4. The van der Waals surface area contributed by atoms with Crippen LogP contribution in [0.1, 0.15) is 5.56 Å². The molecule has 0 radical (unpaired) electrons. The molecule has 0 fully saturated rings. The molecular formula is C24H20N3+. The van der Waals surface area contributed by atoms with Gasteiger partial charge in [-0.3, -0.25) is 4.98 Å². The van der Waals surface area contributed by atoms with E-state index in [1.165, 1.54) is 33.4 Å². The predicted molar refractivity (Wildman–Crippen MR) is 110 cm³/mol. The van der Waals surface area contributed by atoms with Gasteiger partial charge in [-0.15, -0.1) is 0 Å². The summed E-state index contributed by atoms with van der Waals surface area (Å²) in [5.74, 6) is 1.17. The molecule has 3 nitrogen and oxygen atoms in total. The Hall–Kier alpha value is -3.46. The van der Waals surface area contributed by atoms with Crippen LogP contribution in [0.15, 0.2) is 85.2 Å². The molecule has 27 heavy (non-hydrogen) atoms. The average Bonchev–Trinajstić information content (AvgIpc) is 3.00. The maximum atomic E-state index is 4.39. The Morgan fingerprint density at radius 1 is 0.852 bits per heavy atom. The fraction of sp³-hybridized carbons (Fsp3) is 0.0833. The second kappa shape index (κ2) is 6.06. The first-order valence-electron chi connectivity index (χ1n) is 9.14. The molecule has 0 unspecified atom stereocenters. The zero-order chi connectivity index (χ0) is 18.4.